The van der Waals surface area contributed by atoms with Crippen molar-refractivity contribution in [2.75, 3.05) is 14.1 Å². The Labute approximate surface area is 140 Å². The van der Waals surface area contributed by atoms with Crippen molar-refractivity contribution in [3.63, 3.8) is 0 Å². The standard InChI is InChI=1S/C19H32N2O2/c1-13(6-15(22)20-4)21(5)16(23)19-9-14-7-17(2,11-19)10-18(3,8-14)12-19/h13-14H,6-12H2,1-5H3,(H,20,22). The van der Waals surface area contributed by atoms with Crippen LogP contribution >= 0.6 is 0 Å². The fraction of sp³-hybridized carbons (Fsp3) is 0.895. The Morgan fingerprint density at radius 2 is 1.70 bits per heavy atom. The van der Waals surface area contributed by atoms with Crippen molar-refractivity contribution in [3.05, 3.63) is 0 Å². The van der Waals surface area contributed by atoms with E-state index in [1.54, 1.807) is 7.05 Å². The summed E-state index contributed by atoms with van der Waals surface area (Å²) in [6.45, 7) is 6.77. The molecule has 3 unspecified atom stereocenters. The molecule has 2 amide bonds. The van der Waals surface area contributed by atoms with E-state index in [0.717, 1.165) is 19.3 Å². The Bertz CT molecular complexity index is 511. The predicted octanol–water partition coefficient (Wildman–Crippen LogP) is 2.97. The van der Waals surface area contributed by atoms with E-state index >= 15 is 0 Å². The van der Waals surface area contributed by atoms with Gasteiger partial charge < -0.3 is 10.2 Å². The normalized spacial score (nSPS) is 42.4. The zero-order chi connectivity index (χ0) is 17.0. The van der Waals surface area contributed by atoms with Crippen LogP contribution in [0.15, 0.2) is 0 Å². The lowest BCUT2D eigenvalue weighted by Crippen LogP contribution is -2.60. The molecule has 0 saturated heterocycles. The number of carbonyl (C=O) groups is 2. The third kappa shape index (κ3) is 2.78. The van der Waals surface area contributed by atoms with Gasteiger partial charge in [-0.25, -0.2) is 0 Å². The van der Waals surface area contributed by atoms with Crippen LogP contribution in [0.4, 0.5) is 0 Å². The first-order valence-electron chi connectivity index (χ1n) is 9.08. The van der Waals surface area contributed by atoms with E-state index in [0.29, 0.717) is 23.2 Å². The van der Waals surface area contributed by atoms with Gasteiger partial charge in [0, 0.05) is 26.6 Å². The molecule has 0 spiro atoms. The van der Waals surface area contributed by atoms with Gasteiger partial charge in [0.2, 0.25) is 11.8 Å². The molecule has 0 aliphatic heterocycles. The van der Waals surface area contributed by atoms with Crippen LogP contribution in [0.2, 0.25) is 0 Å². The van der Waals surface area contributed by atoms with Crippen molar-refractivity contribution in [2.45, 2.75) is 71.8 Å². The highest BCUT2D eigenvalue weighted by molar-refractivity contribution is 5.84. The van der Waals surface area contributed by atoms with Gasteiger partial charge in [-0.15, -0.1) is 0 Å². The van der Waals surface area contributed by atoms with E-state index in [4.69, 9.17) is 0 Å². The number of nitrogens with one attached hydrogen (secondary N) is 1. The molecule has 0 radical (unpaired) electrons. The summed E-state index contributed by atoms with van der Waals surface area (Å²) < 4.78 is 0. The van der Waals surface area contributed by atoms with Gasteiger partial charge in [-0.3, -0.25) is 9.59 Å². The van der Waals surface area contributed by atoms with Gasteiger partial charge in [-0.05, 0) is 62.2 Å². The van der Waals surface area contributed by atoms with Crippen molar-refractivity contribution < 1.29 is 9.59 Å². The molecule has 4 nitrogen and oxygen atoms in total. The fourth-order valence-corrected chi connectivity index (χ4v) is 6.77. The van der Waals surface area contributed by atoms with Crippen molar-refractivity contribution in [1.82, 2.24) is 10.2 Å². The Hall–Kier alpha value is -1.06. The fourth-order valence-electron chi connectivity index (χ4n) is 6.77. The van der Waals surface area contributed by atoms with Crippen molar-refractivity contribution >= 4 is 11.8 Å². The SMILES string of the molecule is CNC(=O)CC(C)N(C)C(=O)C12CC3CC(C)(CC(C)(C3)C1)C2. The maximum absolute atomic E-state index is 13.4. The van der Waals surface area contributed by atoms with Crippen LogP contribution in [0, 0.1) is 22.2 Å². The number of nitrogens with zero attached hydrogens (tertiary/aromatic N) is 1. The summed E-state index contributed by atoms with van der Waals surface area (Å²) in [5, 5.41) is 2.66. The Kier molecular flexibility index (Phi) is 3.81. The van der Waals surface area contributed by atoms with E-state index in [2.05, 4.69) is 19.2 Å². The van der Waals surface area contributed by atoms with Gasteiger partial charge in [0.15, 0.2) is 0 Å². The Morgan fingerprint density at radius 3 is 2.17 bits per heavy atom. The van der Waals surface area contributed by atoms with E-state index in [-0.39, 0.29) is 23.3 Å². The minimum atomic E-state index is -0.172. The second-order valence-corrected chi connectivity index (χ2v) is 9.55. The zero-order valence-corrected chi connectivity index (χ0v) is 15.4. The number of amides is 2. The summed E-state index contributed by atoms with van der Waals surface area (Å²) in [7, 11) is 3.54. The Balaban J connectivity index is 1.80. The summed E-state index contributed by atoms with van der Waals surface area (Å²) in [5.74, 6) is 1.00. The smallest absolute Gasteiger partial charge is 0.228 e. The highest BCUT2D eigenvalue weighted by Gasteiger charge is 2.63. The van der Waals surface area contributed by atoms with Gasteiger partial charge in [-0.1, -0.05) is 13.8 Å². The molecule has 0 aromatic carbocycles. The van der Waals surface area contributed by atoms with Crippen LogP contribution in [0.5, 0.6) is 0 Å². The third-order valence-corrected chi connectivity index (χ3v) is 6.82. The van der Waals surface area contributed by atoms with Crippen molar-refractivity contribution in [3.8, 4) is 0 Å². The summed E-state index contributed by atoms with van der Waals surface area (Å²) >= 11 is 0. The molecule has 4 rings (SSSR count). The van der Waals surface area contributed by atoms with Gasteiger partial charge in [-0.2, -0.15) is 0 Å². The number of hydrogen-bond acceptors (Lipinski definition) is 2. The maximum atomic E-state index is 13.4. The molecule has 4 heteroatoms. The zero-order valence-electron chi connectivity index (χ0n) is 15.4. The Morgan fingerprint density at radius 1 is 1.13 bits per heavy atom. The lowest BCUT2D eigenvalue weighted by atomic mass is 9.40. The maximum Gasteiger partial charge on any atom is 0.228 e. The summed E-state index contributed by atoms with van der Waals surface area (Å²) in [5.41, 5.74) is 0.512. The molecule has 4 fully saturated rings. The molecule has 0 heterocycles. The summed E-state index contributed by atoms with van der Waals surface area (Å²) in [6, 6.07) is -0.0453. The first-order chi connectivity index (χ1) is 10.6. The molecule has 130 valence electrons. The van der Waals surface area contributed by atoms with E-state index < -0.39 is 0 Å². The molecule has 3 atom stereocenters. The molecule has 4 saturated carbocycles. The molecule has 4 bridgehead atoms. The van der Waals surface area contributed by atoms with Crippen molar-refractivity contribution in [1.29, 1.82) is 0 Å². The third-order valence-electron chi connectivity index (χ3n) is 6.82. The van der Waals surface area contributed by atoms with Gasteiger partial charge in [0.05, 0.1) is 5.41 Å². The van der Waals surface area contributed by atoms with Crippen LogP contribution in [-0.4, -0.2) is 36.9 Å². The molecule has 4 aliphatic rings. The van der Waals surface area contributed by atoms with Crippen LogP contribution in [-0.2, 0) is 9.59 Å². The second-order valence-electron chi connectivity index (χ2n) is 9.55. The molecular weight excluding hydrogens is 288 g/mol. The minimum absolute atomic E-state index is 0.00147. The van der Waals surface area contributed by atoms with Crippen LogP contribution in [0.3, 0.4) is 0 Å². The van der Waals surface area contributed by atoms with Gasteiger partial charge >= 0.3 is 0 Å². The lowest BCUT2D eigenvalue weighted by Gasteiger charge is -2.65. The van der Waals surface area contributed by atoms with E-state index in [1.165, 1.54) is 19.3 Å². The van der Waals surface area contributed by atoms with Gasteiger partial charge in [0.1, 0.15) is 0 Å². The first kappa shape index (κ1) is 16.8. The average Bonchev–Trinajstić information content (AvgIpc) is 2.41. The van der Waals surface area contributed by atoms with Crippen molar-refractivity contribution in [2.24, 2.45) is 22.2 Å². The summed E-state index contributed by atoms with van der Waals surface area (Å²) in [4.78, 5) is 26.9. The predicted molar refractivity (Wildman–Crippen MR) is 90.8 cm³/mol. The second kappa shape index (κ2) is 5.22. The number of rotatable bonds is 4. The van der Waals surface area contributed by atoms with Crippen LogP contribution < -0.4 is 5.32 Å². The highest BCUT2D eigenvalue weighted by Crippen LogP contribution is 2.69. The van der Waals surface area contributed by atoms with Gasteiger partial charge in [0.25, 0.3) is 0 Å². The minimum Gasteiger partial charge on any atom is -0.359 e. The van der Waals surface area contributed by atoms with E-state index in [1.807, 2.05) is 18.9 Å². The molecule has 23 heavy (non-hydrogen) atoms. The molecule has 1 N–H and O–H groups in total. The largest absolute Gasteiger partial charge is 0.359 e. The summed E-state index contributed by atoms with van der Waals surface area (Å²) in [6.07, 6.45) is 7.41. The average molecular weight is 320 g/mol. The quantitative estimate of drug-likeness (QED) is 0.866. The number of carbonyl (C=O) groups excluding carboxylic acids is 2. The van der Waals surface area contributed by atoms with Crippen LogP contribution in [0.25, 0.3) is 0 Å². The van der Waals surface area contributed by atoms with Crippen LogP contribution in [0.1, 0.15) is 65.7 Å². The monoisotopic (exact) mass is 320 g/mol. The lowest BCUT2D eigenvalue weighted by molar-refractivity contribution is -0.180. The molecule has 0 aromatic heterocycles. The van der Waals surface area contributed by atoms with E-state index in [9.17, 15) is 9.59 Å². The molecule has 4 aliphatic carbocycles. The molecule has 0 aromatic rings. The first-order valence-corrected chi connectivity index (χ1v) is 9.08. The molecular formula is C19H32N2O2. The number of hydrogen-bond donors (Lipinski definition) is 1. The highest BCUT2D eigenvalue weighted by atomic mass is 16.2. The topological polar surface area (TPSA) is 49.4 Å².